The highest BCUT2D eigenvalue weighted by Gasteiger charge is 2.37. The number of rotatable bonds is 4. The molecule has 0 saturated carbocycles. The van der Waals surface area contributed by atoms with Crippen LogP contribution in [0.5, 0.6) is 0 Å². The van der Waals surface area contributed by atoms with Gasteiger partial charge in [0, 0.05) is 24.5 Å². The molecule has 23 heavy (non-hydrogen) atoms. The van der Waals surface area contributed by atoms with Crippen LogP contribution < -0.4 is 5.32 Å². The molecule has 8 heteroatoms. The van der Waals surface area contributed by atoms with Crippen molar-refractivity contribution in [1.82, 2.24) is 4.90 Å². The molecule has 1 heterocycles. The maximum absolute atomic E-state index is 12.8. The van der Waals surface area contributed by atoms with Crippen LogP contribution in [-0.4, -0.2) is 35.4 Å². The predicted molar refractivity (Wildman–Crippen MR) is 75.0 cm³/mol. The molecule has 1 N–H and O–H groups in total. The summed E-state index contributed by atoms with van der Waals surface area (Å²) < 4.78 is 49.3. The average Bonchev–Trinajstić information content (AvgIpc) is 2.94. The van der Waals surface area contributed by atoms with E-state index >= 15 is 0 Å². The van der Waals surface area contributed by atoms with E-state index in [-0.39, 0.29) is 0 Å². The monoisotopic (exact) mass is 330 g/mol. The summed E-state index contributed by atoms with van der Waals surface area (Å²) in [5.41, 5.74) is 0.388. The Bertz CT molecular complexity index is 611. The first-order chi connectivity index (χ1) is 10.8. The summed E-state index contributed by atoms with van der Waals surface area (Å²) in [5, 5.41) is 2.57. The second-order valence-electron chi connectivity index (χ2n) is 5.07. The highest BCUT2D eigenvalue weighted by molar-refractivity contribution is 5.96. The highest BCUT2D eigenvalue weighted by atomic mass is 19.4. The third-order valence-electron chi connectivity index (χ3n) is 3.41. The van der Waals surface area contributed by atoms with Crippen LogP contribution in [0.25, 0.3) is 0 Å². The Morgan fingerprint density at radius 3 is 2.48 bits per heavy atom. The van der Waals surface area contributed by atoms with Gasteiger partial charge >= 0.3 is 6.18 Å². The summed E-state index contributed by atoms with van der Waals surface area (Å²) in [7, 11) is 0. The number of anilines is 1. The molecule has 1 aromatic carbocycles. The lowest BCUT2D eigenvalue weighted by molar-refractivity contribution is -0.165. The van der Waals surface area contributed by atoms with Gasteiger partial charge in [-0.1, -0.05) is 0 Å². The third-order valence-corrected chi connectivity index (χ3v) is 3.41. The Kier molecular flexibility index (Phi) is 5.02. The molecule has 0 aromatic heterocycles. The molecule has 2 rings (SSSR count). The largest absolute Gasteiger partial charge is 0.454 e. The fraction of sp³-hybridized carbons (Fsp3) is 0.333. The Balaban J connectivity index is 2.00. The Morgan fingerprint density at radius 1 is 1.22 bits per heavy atom. The average molecular weight is 330 g/mol. The SMILES string of the molecule is O=C(Nc1ccc(F)cc1)C1CCCN1/C=C/C(=O)C(F)(F)F. The van der Waals surface area contributed by atoms with Crippen LogP contribution >= 0.6 is 0 Å². The Morgan fingerprint density at radius 2 is 1.87 bits per heavy atom. The molecule has 0 aliphatic carbocycles. The van der Waals surface area contributed by atoms with E-state index in [0.29, 0.717) is 31.1 Å². The molecule has 1 amide bonds. The van der Waals surface area contributed by atoms with Gasteiger partial charge in [0.25, 0.3) is 5.78 Å². The van der Waals surface area contributed by atoms with Gasteiger partial charge in [-0.05, 0) is 37.1 Å². The maximum atomic E-state index is 12.8. The molecule has 1 aliphatic heterocycles. The van der Waals surface area contributed by atoms with Crippen molar-refractivity contribution < 1.29 is 27.2 Å². The summed E-state index contributed by atoms with van der Waals surface area (Å²) in [6.07, 6.45) is -2.44. The molecule has 1 saturated heterocycles. The van der Waals surface area contributed by atoms with Crippen LogP contribution in [-0.2, 0) is 9.59 Å². The number of nitrogens with zero attached hydrogens (tertiary/aromatic N) is 1. The van der Waals surface area contributed by atoms with Crippen molar-refractivity contribution in [3.05, 3.63) is 42.4 Å². The maximum Gasteiger partial charge on any atom is 0.454 e. The quantitative estimate of drug-likeness (QED) is 0.682. The number of ketones is 1. The van der Waals surface area contributed by atoms with Crippen molar-refractivity contribution in [2.75, 3.05) is 11.9 Å². The van der Waals surface area contributed by atoms with Crippen molar-refractivity contribution in [3.63, 3.8) is 0 Å². The van der Waals surface area contributed by atoms with Crippen molar-refractivity contribution in [2.24, 2.45) is 0 Å². The molecular formula is C15H14F4N2O2. The molecule has 1 fully saturated rings. The topological polar surface area (TPSA) is 49.4 Å². The van der Waals surface area contributed by atoms with E-state index in [1.807, 2.05) is 0 Å². The van der Waals surface area contributed by atoms with Gasteiger partial charge in [0.1, 0.15) is 11.9 Å². The van der Waals surface area contributed by atoms with Gasteiger partial charge in [0.05, 0.1) is 0 Å². The molecule has 0 bridgehead atoms. The highest BCUT2D eigenvalue weighted by Crippen LogP contribution is 2.21. The van der Waals surface area contributed by atoms with Gasteiger partial charge in [0.2, 0.25) is 5.91 Å². The number of carbonyl (C=O) groups excluding carboxylic acids is 2. The number of halogens is 4. The molecule has 4 nitrogen and oxygen atoms in total. The number of hydrogen-bond acceptors (Lipinski definition) is 3. The molecule has 1 atom stereocenters. The lowest BCUT2D eigenvalue weighted by atomic mass is 10.2. The lowest BCUT2D eigenvalue weighted by Crippen LogP contribution is -2.36. The molecule has 0 spiro atoms. The van der Waals surface area contributed by atoms with Crippen LogP contribution in [0.1, 0.15) is 12.8 Å². The van der Waals surface area contributed by atoms with Crippen molar-refractivity contribution in [2.45, 2.75) is 25.1 Å². The Hall–Kier alpha value is -2.38. The van der Waals surface area contributed by atoms with Gasteiger partial charge in [-0.2, -0.15) is 13.2 Å². The van der Waals surface area contributed by atoms with Gasteiger partial charge in [-0.3, -0.25) is 9.59 Å². The zero-order chi connectivity index (χ0) is 17.0. The van der Waals surface area contributed by atoms with Crippen molar-refractivity contribution in [3.8, 4) is 0 Å². The van der Waals surface area contributed by atoms with E-state index in [9.17, 15) is 27.2 Å². The summed E-state index contributed by atoms with van der Waals surface area (Å²) in [6, 6.07) is 4.47. The number of carbonyl (C=O) groups is 2. The van der Waals surface area contributed by atoms with Gasteiger partial charge in [-0.25, -0.2) is 4.39 Å². The van der Waals surface area contributed by atoms with Gasteiger partial charge in [-0.15, -0.1) is 0 Å². The molecule has 0 radical (unpaired) electrons. The number of benzene rings is 1. The van der Waals surface area contributed by atoms with Crippen molar-refractivity contribution >= 4 is 17.4 Å². The summed E-state index contributed by atoms with van der Waals surface area (Å²) >= 11 is 0. The van der Waals surface area contributed by atoms with Crippen LogP contribution in [0.15, 0.2) is 36.5 Å². The van der Waals surface area contributed by atoms with E-state index in [1.54, 1.807) is 0 Å². The summed E-state index contributed by atoms with van der Waals surface area (Å²) in [4.78, 5) is 24.4. The van der Waals surface area contributed by atoms with E-state index in [4.69, 9.17) is 0 Å². The zero-order valence-electron chi connectivity index (χ0n) is 11.9. The number of amides is 1. The third kappa shape index (κ3) is 4.54. The number of likely N-dealkylation sites (tertiary alicyclic amines) is 1. The number of alkyl halides is 3. The smallest absolute Gasteiger partial charge is 0.365 e. The second-order valence-corrected chi connectivity index (χ2v) is 5.07. The standard InChI is InChI=1S/C15H14F4N2O2/c16-10-3-5-11(6-4-10)20-14(23)12-2-1-8-21(12)9-7-13(22)15(17,18)19/h3-7,9,12H,1-2,8H2,(H,20,23)/b9-7+. The molecular weight excluding hydrogens is 316 g/mol. The normalized spacial score (nSPS) is 18.4. The Labute approximate surface area is 129 Å². The fourth-order valence-corrected chi connectivity index (χ4v) is 2.27. The van der Waals surface area contributed by atoms with Crippen LogP contribution in [0, 0.1) is 5.82 Å². The fourth-order valence-electron chi connectivity index (χ4n) is 2.27. The van der Waals surface area contributed by atoms with Crippen LogP contribution in [0.3, 0.4) is 0 Å². The van der Waals surface area contributed by atoms with E-state index in [1.165, 1.54) is 29.2 Å². The minimum atomic E-state index is -4.93. The summed E-state index contributed by atoms with van der Waals surface area (Å²) in [6.45, 7) is 0.378. The molecule has 1 unspecified atom stereocenters. The number of hydrogen-bond donors (Lipinski definition) is 1. The molecule has 1 aromatic rings. The second kappa shape index (κ2) is 6.80. The first-order valence-electron chi connectivity index (χ1n) is 6.89. The van der Waals surface area contributed by atoms with Crippen LogP contribution in [0.2, 0.25) is 0 Å². The lowest BCUT2D eigenvalue weighted by Gasteiger charge is -2.22. The number of allylic oxidation sites excluding steroid dienone is 1. The minimum Gasteiger partial charge on any atom is -0.365 e. The van der Waals surface area contributed by atoms with E-state index in [0.717, 1.165) is 6.20 Å². The minimum absolute atomic E-state index is 0.378. The van der Waals surface area contributed by atoms with E-state index in [2.05, 4.69) is 5.32 Å². The summed E-state index contributed by atoms with van der Waals surface area (Å²) in [5.74, 6) is -2.83. The van der Waals surface area contributed by atoms with Gasteiger partial charge in [0.15, 0.2) is 0 Å². The van der Waals surface area contributed by atoms with E-state index < -0.39 is 29.7 Å². The molecule has 1 aliphatic rings. The first-order valence-corrected chi connectivity index (χ1v) is 6.89. The molecule has 124 valence electrons. The zero-order valence-corrected chi connectivity index (χ0v) is 11.9. The first kappa shape index (κ1) is 17.0. The van der Waals surface area contributed by atoms with Crippen LogP contribution in [0.4, 0.5) is 23.2 Å². The number of nitrogens with one attached hydrogen (secondary N) is 1. The van der Waals surface area contributed by atoms with Crippen molar-refractivity contribution in [1.29, 1.82) is 0 Å². The predicted octanol–water partition coefficient (Wildman–Crippen LogP) is 2.87. The van der Waals surface area contributed by atoms with Gasteiger partial charge < -0.3 is 10.2 Å².